The molecule has 5 nitrogen and oxygen atoms in total. The second kappa shape index (κ2) is 6.78. The number of hydrogen-bond acceptors (Lipinski definition) is 5. The van der Waals surface area contributed by atoms with E-state index >= 15 is 0 Å². The number of fused-ring (bicyclic) bond motifs is 2. The number of amides is 1. The molecule has 136 valence electrons. The van der Waals surface area contributed by atoms with Gasteiger partial charge in [0.2, 0.25) is 5.91 Å². The number of thiazole rings is 1. The molecule has 1 aliphatic heterocycles. The number of benzene rings is 2. The first kappa shape index (κ1) is 16.4. The van der Waals surface area contributed by atoms with Gasteiger partial charge in [0.05, 0.1) is 21.6 Å². The molecule has 5 rings (SSSR count). The topological polar surface area (TPSA) is 59.2 Å². The zero-order valence-electron chi connectivity index (χ0n) is 14.8. The Labute approximate surface area is 160 Å². The van der Waals surface area contributed by atoms with Gasteiger partial charge >= 0.3 is 0 Å². The van der Waals surface area contributed by atoms with Crippen molar-refractivity contribution in [3.8, 4) is 0 Å². The molecule has 3 heterocycles. The molecule has 0 saturated carbocycles. The molecule has 0 spiro atoms. The fraction of sp³-hybridized carbons (Fsp3) is 0.286. The van der Waals surface area contributed by atoms with Crippen LogP contribution in [0.1, 0.15) is 29.5 Å². The Morgan fingerprint density at radius 3 is 2.96 bits per heavy atom. The fourth-order valence-electron chi connectivity index (χ4n) is 3.79. The Morgan fingerprint density at radius 2 is 2.04 bits per heavy atom. The van der Waals surface area contributed by atoms with Gasteiger partial charge in [-0.2, -0.15) is 0 Å². The summed E-state index contributed by atoms with van der Waals surface area (Å²) in [5.41, 5.74) is 2.50. The molecule has 2 aromatic carbocycles. The predicted octanol–water partition coefficient (Wildman–Crippen LogP) is 4.39. The number of hydrogen-bond donors (Lipinski definition) is 0. The van der Waals surface area contributed by atoms with Gasteiger partial charge in [0.1, 0.15) is 5.69 Å². The lowest BCUT2D eigenvalue weighted by Gasteiger charge is -2.31. The Morgan fingerprint density at radius 1 is 1.19 bits per heavy atom. The van der Waals surface area contributed by atoms with Crippen LogP contribution >= 0.6 is 11.3 Å². The lowest BCUT2D eigenvalue weighted by atomic mass is 9.98. The summed E-state index contributed by atoms with van der Waals surface area (Å²) in [6, 6.07) is 15.9. The van der Waals surface area contributed by atoms with E-state index in [1.807, 2.05) is 41.3 Å². The molecule has 1 saturated heterocycles. The van der Waals surface area contributed by atoms with E-state index in [0.29, 0.717) is 5.92 Å². The first-order valence-electron chi connectivity index (χ1n) is 9.24. The van der Waals surface area contributed by atoms with E-state index in [1.165, 1.54) is 4.70 Å². The van der Waals surface area contributed by atoms with Crippen LogP contribution in [0.4, 0.5) is 0 Å². The molecule has 2 aromatic heterocycles. The predicted molar refractivity (Wildman–Crippen MR) is 106 cm³/mol. The van der Waals surface area contributed by atoms with Gasteiger partial charge in [-0.25, -0.2) is 4.98 Å². The first-order valence-corrected chi connectivity index (χ1v) is 10.1. The van der Waals surface area contributed by atoms with Gasteiger partial charge in [-0.15, -0.1) is 11.3 Å². The fourth-order valence-corrected chi connectivity index (χ4v) is 4.88. The summed E-state index contributed by atoms with van der Waals surface area (Å²) < 4.78 is 6.55. The first-order chi connectivity index (χ1) is 13.3. The second-order valence-corrected chi connectivity index (χ2v) is 8.06. The van der Waals surface area contributed by atoms with E-state index in [9.17, 15) is 4.79 Å². The van der Waals surface area contributed by atoms with E-state index in [-0.39, 0.29) is 12.3 Å². The zero-order chi connectivity index (χ0) is 18.2. The highest BCUT2D eigenvalue weighted by Gasteiger charge is 2.27. The quantitative estimate of drug-likeness (QED) is 0.531. The second-order valence-electron chi connectivity index (χ2n) is 7.00. The third-order valence-corrected chi connectivity index (χ3v) is 6.40. The summed E-state index contributed by atoms with van der Waals surface area (Å²) in [6.07, 6.45) is 2.37. The highest BCUT2D eigenvalue weighted by atomic mass is 32.1. The lowest BCUT2D eigenvalue weighted by molar-refractivity contribution is -0.131. The molecule has 0 N–H and O–H groups in total. The van der Waals surface area contributed by atoms with Gasteiger partial charge < -0.3 is 9.42 Å². The molecule has 1 unspecified atom stereocenters. The van der Waals surface area contributed by atoms with E-state index in [0.717, 1.165) is 53.1 Å². The molecule has 0 aliphatic carbocycles. The van der Waals surface area contributed by atoms with Gasteiger partial charge in [-0.1, -0.05) is 29.4 Å². The van der Waals surface area contributed by atoms with Crippen molar-refractivity contribution in [1.29, 1.82) is 0 Å². The van der Waals surface area contributed by atoms with Crippen LogP contribution in [0.3, 0.4) is 0 Å². The minimum atomic E-state index is 0.111. The molecule has 0 bridgehead atoms. The van der Waals surface area contributed by atoms with Crippen molar-refractivity contribution in [2.24, 2.45) is 0 Å². The Hall–Kier alpha value is -2.73. The van der Waals surface area contributed by atoms with Crippen LogP contribution in [-0.2, 0) is 11.2 Å². The van der Waals surface area contributed by atoms with Crippen LogP contribution in [0.5, 0.6) is 0 Å². The molecule has 1 aliphatic rings. The average molecular weight is 377 g/mol. The van der Waals surface area contributed by atoms with E-state index < -0.39 is 0 Å². The highest BCUT2D eigenvalue weighted by molar-refractivity contribution is 7.18. The normalized spacial score (nSPS) is 17.6. The number of likely N-dealkylation sites (tertiary alicyclic amines) is 1. The number of piperidine rings is 1. The number of aromatic nitrogens is 2. The zero-order valence-corrected chi connectivity index (χ0v) is 15.6. The van der Waals surface area contributed by atoms with Crippen LogP contribution in [0, 0.1) is 0 Å². The van der Waals surface area contributed by atoms with Crippen molar-refractivity contribution in [2.75, 3.05) is 13.1 Å². The smallest absolute Gasteiger partial charge is 0.228 e. The van der Waals surface area contributed by atoms with Crippen LogP contribution in [-0.4, -0.2) is 34.0 Å². The number of nitrogens with zero attached hydrogens (tertiary/aromatic N) is 3. The van der Waals surface area contributed by atoms with Gasteiger partial charge in [0.15, 0.2) is 5.58 Å². The van der Waals surface area contributed by atoms with Crippen LogP contribution < -0.4 is 0 Å². The Kier molecular flexibility index (Phi) is 4.13. The molecule has 27 heavy (non-hydrogen) atoms. The number of para-hydroxylation sites is 2. The van der Waals surface area contributed by atoms with Gasteiger partial charge in [0, 0.05) is 24.4 Å². The van der Waals surface area contributed by atoms with Crippen LogP contribution in [0.15, 0.2) is 53.1 Å². The maximum Gasteiger partial charge on any atom is 0.228 e. The molecule has 6 heteroatoms. The van der Waals surface area contributed by atoms with Crippen LogP contribution in [0.25, 0.3) is 21.2 Å². The van der Waals surface area contributed by atoms with E-state index in [2.05, 4.69) is 17.3 Å². The molecule has 1 amide bonds. The number of carbonyl (C=O) groups is 1. The third kappa shape index (κ3) is 3.10. The van der Waals surface area contributed by atoms with Crippen molar-refractivity contribution in [3.05, 3.63) is 59.2 Å². The molecule has 1 fully saturated rings. The van der Waals surface area contributed by atoms with Crippen molar-refractivity contribution in [3.63, 3.8) is 0 Å². The third-order valence-electron chi connectivity index (χ3n) is 5.20. The van der Waals surface area contributed by atoms with E-state index in [1.54, 1.807) is 11.3 Å². The van der Waals surface area contributed by atoms with Crippen molar-refractivity contribution in [2.45, 2.75) is 25.2 Å². The number of rotatable bonds is 3. The lowest BCUT2D eigenvalue weighted by Crippen LogP contribution is -2.40. The van der Waals surface area contributed by atoms with Crippen molar-refractivity contribution in [1.82, 2.24) is 15.0 Å². The summed E-state index contributed by atoms with van der Waals surface area (Å²) in [6.45, 7) is 1.53. The van der Waals surface area contributed by atoms with Crippen molar-refractivity contribution >= 4 is 38.4 Å². The maximum absolute atomic E-state index is 12.9. The Bertz CT molecular complexity index is 1080. The van der Waals surface area contributed by atoms with Gasteiger partial charge in [-0.05, 0) is 37.1 Å². The SMILES string of the molecule is O=C(Cc1noc2ccccc12)N1CCCC(c2nc3ccccc3s2)C1. The van der Waals surface area contributed by atoms with Crippen LogP contribution in [0.2, 0.25) is 0 Å². The summed E-state index contributed by atoms with van der Waals surface area (Å²) >= 11 is 1.75. The monoisotopic (exact) mass is 377 g/mol. The minimum Gasteiger partial charge on any atom is -0.356 e. The Balaban J connectivity index is 1.33. The molecule has 4 aromatic rings. The molecular formula is C21H19N3O2S. The highest BCUT2D eigenvalue weighted by Crippen LogP contribution is 2.33. The standard InChI is InChI=1S/C21H19N3O2S/c25-20(12-17-15-7-1-3-9-18(15)26-23-17)24-11-5-6-14(13-24)21-22-16-8-2-4-10-19(16)27-21/h1-4,7-10,14H,5-6,11-13H2. The summed E-state index contributed by atoms with van der Waals surface area (Å²) in [5.74, 6) is 0.425. The summed E-state index contributed by atoms with van der Waals surface area (Å²) in [4.78, 5) is 19.6. The minimum absolute atomic E-state index is 0.111. The molecular weight excluding hydrogens is 358 g/mol. The average Bonchev–Trinajstić information content (AvgIpc) is 3.32. The largest absolute Gasteiger partial charge is 0.356 e. The van der Waals surface area contributed by atoms with Crippen molar-refractivity contribution < 1.29 is 9.32 Å². The molecule has 1 atom stereocenters. The summed E-state index contributed by atoms with van der Waals surface area (Å²) in [5, 5.41) is 6.16. The van der Waals surface area contributed by atoms with Gasteiger partial charge in [-0.3, -0.25) is 4.79 Å². The summed E-state index contributed by atoms with van der Waals surface area (Å²) in [7, 11) is 0. The molecule has 0 radical (unpaired) electrons. The number of carbonyl (C=O) groups excluding carboxylic acids is 1. The maximum atomic E-state index is 12.9. The van der Waals surface area contributed by atoms with E-state index in [4.69, 9.17) is 9.51 Å². The van der Waals surface area contributed by atoms with Gasteiger partial charge in [0.25, 0.3) is 0 Å².